The molecule has 0 aromatic rings. The van der Waals surface area contributed by atoms with Crippen molar-refractivity contribution in [2.24, 2.45) is 0 Å². The molecule has 4 heteroatoms. The van der Waals surface area contributed by atoms with E-state index >= 15 is 0 Å². The first-order chi connectivity index (χ1) is 7.31. The molecule has 0 saturated carbocycles. The Kier molecular flexibility index (Phi) is 4.03. The highest BCUT2D eigenvalue weighted by molar-refractivity contribution is 9.09. The maximum Gasteiger partial charge on any atom is 0.223 e. The first-order valence-corrected chi connectivity index (χ1v) is 7.01. The second-order valence-electron chi connectivity index (χ2n) is 4.46. The molecule has 0 aromatic heterocycles. The number of carbonyl (C=O) groups is 1. The van der Waals surface area contributed by atoms with E-state index in [1.807, 2.05) is 0 Å². The van der Waals surface area contributed by atoms with E-state index in [-0.39, 0.29) is 0 Å². The highest BCUT2D eigenvalue weighted by Gasteiger charge is 2.29. The summed E-state index contributed by atoms with van der Waals surface area (Å²) in [6, 6.07) is 0.645. The summed E-state index contributed by atoms with van der Waals surface area (Å²) in [5.74, 6) is 0.320. The molecule has 15 heavy (non-hydrogen) atoms. The minimum atomic E-state index is 0.320. The van der Waals surface area contributed by atoms with E-state index in [2.05, 4.69) is 25.7 Å². The zero-order valence-electron chi connectivity index (χ0n) is 9.12. The number of fused-ring (bicyclic) bond motifs is 1. The van der Waals surface area contributed by atoms with E-state index in [9.17, 15) is 4.79 Å². The van der Waals surface area contributed by atoms with Gasteiger partial charge in [0, 0.05) is 37.4 Å². The zero-order valence-corrected chi connectivity index (χ0v) is 10.7. The van der Waals surface area contributed by atoms with Crippen molar-refractivity contribution in [3.8, 4) is 0 Å². The summed E-state index contributed by atoms with van der Waals surface area (Å²) in [4.78, 5) is 16.4. The van der Waals surface area contributed by atoms with Crippen LogP contribution < -0.4 is 0 Å². The summed E-state index contributed by atoms with van der Waals surface area (Å²) in [7, 11) is 0. The molecule has 0 aliphatic carbocycles. The first kappa shape index (κ1) is 11.4. The van der Waals surface area contributed by atoms with Crippen LogP contribution in [0.2, 0.25) is 0 Å². The van der Waals surface area contributed by atoms with Crippen molar-refractivity contribution in [1.82, 2.24) is 9.80 Å². The van der Waals surface area contributed by atoms with Crippen LogP contribution in [-0.2, 0) is 4.79 Å². The standard InChI is InChI=1S/C11H19BrN2O/c12-5-4-11(15)14-8-2-7-13-6-1-3-10(13)9-14/h10H,1-9H2. The molecule has 2 heterocycles. The molecule has 0 N–H and O–H groups in total. The topological polar surface area (TPSA) is 23.6 Å². The van der Waals surface area contributed by atoms with Crippen molar-refractivity contribution in [1.29, 1.82) is 0 Å². The van der Waals surface area contributed by atoms with E-state index in [0.29, 0.717) is 18.4 Å². The normalized spacial score (nSPS) is 27.5. The lowest BCUT2D eigenvalue weighted by Crippen LogP contribution is -2.39. The molecule has 86 valence electrons. The summed E-state index contributed by atoms with van der Waals surface area (Å²) < 4.78 is 0. The number of carbonyl (C=O) groups excluding carboxylic acids is 1. The van der Waals surface area contributed by atoms with Gasteiger partial charge in [-0.2, -0.15) is 0 Å². The highest BCUT2D eigenvalue weighted by Crippen LogP contribution is 2.21. The Labute approximate surface area is 99.9 Å². The first-order valence-electron chi connectivity index (χ1n) is 5.89. The number of halogens is 1. The number of nitrogens with zero attached hydrogens (tertiary/aromatic N) is 2. The number of alkyl halides is 1. The molecule has 2 aliphatic rings. The van der Waals surface area contributed by atoms with Gasteiger partial charge in [-0.05, 0) is 25.8 Å². The molecule has 1 amide bonds. The summed E-state index contributed by atoms with van der Waals surface area (Å²) in [6.07, 6.45) is 4.38. The van der Waals surface area contributed by atoms with Crippen molar-refractivity contribution < 1.29 is 4.79 Å². The SMILES string of the molecule is O=C(CCBr)N1CCCN2CCCC2C1. The quantitative estimate of drug-likeness (QED) is 0.712. The molecule has 3 nitrogen and oxygen atoms in total. The third-order valence-corrected chi connectivity index (χ3v) is 3.86. The average Bonchev–Trinajstić information content (AvgIpc) is 2.56. The van der Waals surface area contributed by atoms with Gasteiger partial charge in [0.15, 0.2) is 0 Å². The van der Waals surface area contributed by atoms with Gasteiger partial charge in [-0.3, -0.25) is 9.69 Å². The van der Waals surface area contributed by atoms with Gasteiger partial charge in [0.05, 0.1) is 0 Å². The van der Waals surface area contributed by atoms with Gasteiger partial charge < -0.3 is 4.90 Å². The summed E-state index contributed by atoms with van der Waals surface area (Å²) in [5.41, 5.74) is 0. The van der Waals surface area contributed by atoms with Crippen molar-refractivity contribution in [2.45, 2.75) is 31.7 Å². The van der Waals surface area contributed by atoms with E-state index in [1.54, 1.807) is 0 Å². The predicted molar refractivity (Wildman–Crippen MR) is 64.2 cm³/mol. The van der Waals surface area contributed by atoms with Crippen LogP contribution in [0.25, 0.3) is 0 Å². The predicted octanol–water partition coefficient (Wildman–Crippen LogP) is 1.47. The molecule has 1 atom stereocenters. The Morgan fingerprint density at radius 3 is 2.87 bits per heavy atom. The van der Waals surface area contributed by atoms with Gasteiger partial charge in [-0.25, -0.2) is 0 Å². The third-order valence-electron chi connectivity index (χ3n) is 3.46. The molecule has 2 fully saturated rings. The van der Waals surface area contributed by atoms with Crippen molar-refractivity contribution in [2.75, 3.05) is 31.5 Å². The van der Waals surface area contributed by atoms with E-state index < -0.39 is 0 Å². The molecule has 2 aliphatic heterocycles. The number of hydrogen-bond acceptors (Lipinski definition) is 2. The van der Waals surface area contributed by atoms with E-state index in [1.165, 1.54) is 25.9 Å². The fourth-order valence-electron chi connectivity index (χ4n) is 2.67. The maximum absolute atomic E-state index is 11.8. The molecule has 1 unspecified atom stereocenters. The van der Waals surface area contributed by atoms with Crippen molar-refractivity contribution in [3.05, 3.63) is 0 Å². The van der Waals surface area contributed by atoms with Gasteiger partial charge in [-0.1, -0.05) is 15.9 Å². The molecular formula is C11H19BrN2O. The molecule has 0 spiro atoms. The van der Waals surface area contributed by atoms with Crippen LogP contribution in [0.15, 0.2) is 0 Å². The highest BCUT2D eigenvalue weighted by atomic mass is 79.9. The largest absolute Gasteiger partial charge is 0.341 e. The second-order valence-corrected chi connectivity index (χ2v) is 5.26. The van der Waals surface area contributed by atoms with Gasteiger partial charge >= 0.3 is 0 Å². The van der Waals surface area contributed by atoms with Gasteiger partial charge in [0.2, 0.25) is 5.91 Å². The van der Waals surface area contributed by atoms with Gasteiger partial charge in [-0.15, -0.1) is 0 Å². The Hall–Kier alpha value is -0.0900. The van der Waals surface area contributed by atoms with Gasteiger partial charge in [0.25, 0.3) is 0 Å². The van der Waals surface area contributed by atoms with Gasteiger partial charge in [0.1, 0.15) is 0 Å². The second kappa shape index (κ2) is 5.30. The number of rotatable bonds is 2. The number of hydrogen-bond donors (Lipinski definition) is 0. The average molecular weight is 275 g/mol. The fourth-order valence-corrected chi connectivity index (χ4v) is 3.01. The molecule has 0 aromatic carbocycles. The smallest absolute Gasteiger partial charge is 0.223 e. The Bertz CT molecular complexity index is 235. The molecule has 0 bridgehead atoms. The third kappa shape index (κ3) is 2.72. The van der Waals surface area contributed by atoms with Crippen LogP contribution in [0.5, 0.6) is 0 Å². The van der Waals surface area contributed by atoms with Crippen LogP contribution in [0.4, 0.5) is 0 Å². The van der Waals surface area contributed by atoms with E-state index in [0.717, 1.165) is 24.8 Å². The van der Waals surface area contributed by atoms with Crippen LogP contribution in [0, 0.1) is 0 Å². The van der Waals surface area contributed by atoms with Crippen LogP contribution in [-0.4, -0.2) is 53.3 Å². The molecule has 2 rings (SSSR count). The maximum atomic E-state index is 11.8. The Morgan fingerprint density at radius 1 is 1.27 bits per heavy atom. The van der Waals surface area contributed by atoms with Crippen molar-refractivity contribution >= 4 is 21.8 Å². The summed E-state index contributed by atoms with van der Waals surface area (Å²) >= 11 is 3.33. The summed E-state index contributed by atoms with van der Waals surface area (Å²) in [5, 5.41) is 0.788. The lowest BCUT2D eigenvalue weighted by molar-refractivity contribution is -0.130. The molecule has 2 saturated heterocycles. The molecular weight excluding hydrogens is 256 g/mol. The van der Waals surface area contributed by atoms with E-state index in [4.69, 9.17) is 0 Å². The van der Waals surface area contributed by atoms with Crippen LogP contribution in [0.1, 0.15) is 25.7 Å². The Balaban J connectivity index is 1.93. The minimum absolute atomic E-state index is 0.320. The fraction of sp³-hybridized carbons (Fsp3) is 0.909. The van der Waals surface area contributed by atoms with Crippen LogP contribution >= 0.6 is 15.9 Å². The molecule has 0 radical (unpaired) electrons. The lowest BCUT2D eigenvalue weighted by Gasteiger charge is -2.25. The van der Waals surface area contributed by atoms with Crippen LogP contribution in [0.3, 0.4) is 0 Å². The summed E-state index contributed by atoms with van der Waals surface area (Å²) in [6.45, 7) is 4.35. The van der Waals surface area contributed by atoms with Crippen molar-refractivity contribution in [3.63, 3.8) is 0 Å². The number of amides is 1. The lowest BCUT2D eigenvalue weighted by atomic mass is 10.2. The minimum Gasteiger partial charge on any atom is -0.341 e. The Morgan fingerprint density at radius 2 is 2.07 bits per heavy atom. The monoisotopic (exact) mass is 274 g/mol. The zero-order chi connectivity index (χ0) is 10.7.